The standard InChI is InChI=1S/C11H10N4O3S2/c1-6-4-7-8(14-10(16)13-7)5-9(6)20(17,18)15-11-12-2-3-19-11/h2-5H,1H3,(H,12,15)(H2,13,14,16). The molecular formula is C11H10N4O3S2. The molecule has 0 aliphatic heterocycles. The quantitative estimate of drug-likeness (QED) is 0.680. The van der Waals surface area contributed by atoms with Gasteiger partial charge < -0.3 is 9.97 Å². The maximum Gasteiger partial charge on any atom is 0.323 e. The van der Waals surface area contributed by atoms with Crippen molar-refractivity contribution in [2.75, 3.05) is 4.72 Å². The number of anilines is 1. The molecule has 0 unspecified atom stereocenters. The summed E-state index contributed by atoms with van der Waals surface area (Å²) < 4.78 is 27.1. The van der Waals surface area contributed by atoms with Gasteiger partial charge in [0.2, 0.25) is 0 Å². The Bertz CT molecular complexity index is 922. The monoisotopic (exact) mass is 310 g/mol. The lowest BCUT2D eigenvalue weighted by Gasteiger charge is -2.08. The molecule has 0 fully saturated rings. The molecule has 0 spiro atoms. The Kier molecular flexibility index (Phi) is 2.87. The number of benzene rings is 1. The highest BCUT2D eigenvalue weighted by Crippen LogP contribution is 2.23. The van der Waals surface area contributed by atoms with E-state index in [1.165, 1.54) is 23.6 Å². The minimum absolute atomic E-state index is 0.107. The van der Waals surface area contributed by atoms with E-state index in [1.807, 2.05) is 0 Å². The lowest BCUT2D eigenvalue weighted by Crippen LogP contribution is -2.14. The zero-order chi connectivity index (χ0) is 14.3. The Morgan fingerprint density at radius 3 is 2.60 bits per heavy atom. The van der Waals surface area contributed by atoms with Gasteiger partial charge in [-0.15, -0.1) is 11.3 Å². The molecule has 20 heavy (non-hydrogen) atoms. The summed E-state index contributed by atoms with van der Waals surface area (Å²) in [6.45, 7) is 1.67. The summed E-state index contributed by atoms with van der Waals surface area (Å²) in [5, 5.41) is 1.98. The average Bonchev–Trinajstić information content (AvgIpc) is 2.95. The number of aryl methyl sites for hydroxylation is 1. The normalized spacial score (nSPS) is 11.8. The summed E-state index contributed by atoms with van der Waals surface area (Å²) in [6, 6.07) is 3.04. The minimum Gasteiger partial charge on any atom is -0.306 e. The molecule has 0 aliphatic carbocycles. The first-order valence-corrected chi connectivity index (χ1v) is 7.97. The van der Waals surface area contributed by atoms with Crippen LogP contribution in [0.1, 0.15) is 5.56 Å². The van der Waals surface area contributed by atoms with Gasteiger partial charge in [0, 0.05) is 11.6 Å². The number of sulfonamides is 1. The second kappa shape index (κ2) is 4.46. The maximum atomic E-state index is 12.3. The first-order chi connectivity index (χ1) is 9.45. The molecule has 0 bridgehead atoms. The van der Waals surface area contributed by atoms with E-state index in [0.717, 1.165) is 0 Å². The number of imidazole rings is 1. The number of aromatic amines is 2. The average molecular weight is 310 g/mol. The highest BCUT2D eigenvalue weighted by Gasteiger charge is 2.19. The van der Waals surface area contributed by atoms with Crippen LogP contribution in [0.5, 0.6) is 0 Å². The van der Waals surface area contributed by atoms with E-state index in [4.69, 9.17) is 0 Å². The van der Waals surface area contributed by atoms with E-state index in [0.29, 0.717) is 21.7 Å². The van der Waals surface area contributed by atoms with E-state index in [2.05, 4.69) is 19.7 Å². The molecule has 0 saturated carbocycles. The topological polar surface area (TPSA) is 108 Å². The predicted molar refractivity (Wildman–Crippen MR) is 76.6 cm³/mol. The molecule has 3 rings (SSSR count). The van der Waals surface area contributed by atoms with E-state index >= 15 is 0 Å². The van der Waals surface area contributed by atoms with Crippen molar-refractivity contribution in [3.63, 3.8) is 0 Å². The summed E-state index contributed by atoms with van der Waals surface area (Å²) in [5.74, 6) is 0. The first kappa shape index (κ1) is 12.9. The number of hydrogen-bond acceptors (Lipinski definition) is 5. The molecule has 104 valence electrons. The van der Waals surface area contributed by atoms with E-state index in [1.54, 1.807) is 18.4 Å². The van der Waals surface area contributed by atoms with E-state index in [9.17, 15) is 13.2 Å². The number of fused-ring (bicyclic) bond motifs is 1. The lowest BCUT2D eigenvalue weighted by atomic mass is 10.2. The van der Waals surface area contributed by atoms with Gasteiger partial charge in [-0.2, -0.15) is 0 Å². The van der Waals surface area contributed by atoms with Gasteiger partial charge in [0.05, 0.1) is 15.9 Å². The molecule has 7 nitrogen and oxygen atoms in total. The van der Waals surface area contributed by atoms with Crippen molar-refractivity contribution in [2.45, 2.75) is 11.8 Å². The molecule has 2 heterocycles. The molecular weight excluding hydrogens is 300 g/mol. The van der Waals surface area contributed by atoms with Crippen LogP contribution in [0.3, 0.4) is 0 Å². The van der Waals surface area contributed by atoms with Crippen LogP contribution in [0.2, 0.25) is 0 Å². The van der Waals surface area contributed by atoms with Gasteiger partial charge in [-0.1, -0.05) is 0 Å². The molecule has 0 amide bonds. The van der Waals surface area contributed by atoms with Crippen molar-refractivity contribution in [1.29, 1.82) is 0 Å². The van der Waals surface area contributed by atoms with E-state index < -0.39 is 10.0 Å². The minimum atomic E-state index is -3.73. The summed E-state index contributed by atoms with van der Waals surface area (Å²) in [5.41, 5.74) is 1.18. The fourth-order valence-corrected chi connectivity index (χ4v) is 3.95. The molecule has 0 saturated heterocycles. The molecule has 9 heteroatoms. The Balaban J connectivity index is 2.12. The number of nitrogens with one attached hydrogen (secondary N) is 3. The van der Waals surface area contributed by atoms with Gasteiger partial charge in [0.1, 0.15) is 0 Å². The Labute approximate surface area is 117 Å². The smallest absolute Gasteiger partial charge is 0.306 e. The third-order valence-electron chi connectivity index (χ3n) is 2.76. The number of nitrogens with zero attached hydrogens (tertiary/aromatic N) is 1. The largest absolute Gasteiger partial charge is 0.323 e. The molecule has 1 aromatic carbocycles. The van der Waals surface area contributed by atoms with Crippen molar-refractivity contribution < 1.29 is 8.42 Å². The van der Waals surface area contributed by atoms with Crippen molar-refractivity contribution in [2.24, 2.45) is 0 Å². The van der Waals surface area contributed by atoms with Crippen LogP contribution in [0.15, 0.2) is 33.4 Å². The van der Waals surface area contributed by atoms with Crippen molar-refractivity contribution in [3.05, 3.63) is 39.8 Å². The van der Waals surface area contributed by atoms with Crippen LogP contribution in [-0.2, 0) is 10.0 Å². The third-order valence-corrected chi connectivity index (χ3v) is 5.05. The summed E-state index contributed by atoms with van der Waals surface area (Å²) in [6.07, 6.45) is 1.52. The third kappa shape index (κ3) is 2.21. The fourth-order valence-electron chi connectivity index (χ4n) is 1.90. The number of aromatic nitrogens is 3. The van der Waals surface area contributed by atoms with Gasteiger partial charge in [-0.25, -0.2) is 18.2 Å². The van der Waals surface area contributed by atoms with Crippen molar-refractivity contribution >= 4 is 37.5 Å². The van der Waals surface area contributed by atoms with Crippen molar-refractivity contribution in [3.8, 4) is 0 Å². The SMILES string of the molecule is Cc1cc2[nH]c(=O)[nH]c2cc1S(=O)(=O)Nc1nccs1. The first-order valence-electron chi connectivity index (χ1n) is 5.61. The second-order valence-corrected chi connectivity index (χ2v) is 6.73. The maximum absolute atomic E-state index is 12.3. The molecule has 0 atom stereocenters. The summed E-state index contributed by atoms with van der Waals surface area (Å²) in [7, 11) is -3.73. The fraction of sp³-hybridized carbons (Fsp3) is 0.0909. The molecule has 0 aliphatic rings. The highest BCUT2D eigenvalue weighted by molar-refractivity contribution is 7.93. The molecule has 0 radical (unpaired) electrons. The van der Waals surface area contributed by atoms with E-state index in [-0.39, 0.29) is 10.6 Å². The van der Waals surface area contributed by atoms with Gasteiger partial charge in [-0.3, -0.25) is 4.72 Å². The number of thiazole rings is 1. The Hall–Kier alpha value is -2.13. The van der Waals surface area contributed by atoms with Crippen LogP contribution in [-0.4, -0.2) is 23.4 Å². The van der Waals surface area contributed by atoms with Crippen LogP contribution < -0.4 is 10.4 Å². The van der Waals surface area contributed by atoms with Gasteiger partial charge in [0.15, 0.2) is 5.13 Å². The predicted octanol–water partition coefficient (Wildman–Crippen LogP) is 1.42. The van der Waals surface area contributed by atoms with Gasteiger partial charge >= 0.3 is 5.69 Å². The lowest BCUT2D eigenvalue weighted by molar-refractivity contribution is 0.600. The van der Waals surface area contributed by atoms with Crippen molar-refractivity contribution in [1.82, 2.24) is 15.0 Å². The van der Waals surface area contributed by atoms with Crippen LogP contribution in [0.4, 0.5) is 5.13 Å². The summed E-state index contributed by atoms with van der Waals surface area (Å²) in [4.78, 5) is 20.4. The van der Waals surface area contributed by atoms with Crippen LogP contribution in [0, 0.1) is 6.92 Å². The Morgan fingerprint density at radius 2 is 1.95 bits per heavy atom. The molecule has 2 aromatic heterocycles. The molecule has 3 N–H and O–H groups in total. The molecule has 3 aromatic rings. The van der Waals surface area contributed by atoms with Gasteiger partial charge in [0.25, 0.3) is 10.0 Å². The second-order valence-electron chi connectivity index (χ2n) is 4.19. The van der Waals surface area contributed by atoms with Crippen LogP contribution >= 0.6 is 11.3 Å². The number of H-pyrrole nitrogens is 2. The Morgan fingerprint density at radius 1 is 1.25 bits per heavy atom. The zero-order valence-electron chi connectivity index (χ0n) is 10.3. The summed E-state index contributed by atoms with van der Waals surface area (Å²) >= 11 is 1.19. The number of rotatable bonds is 3. The van der Waals surface area contributed by atoms with Gasteiger partial charge in [-0.05, 0) is 24.6 Å². The zero-order valence-corrected chi connectivity index (χ0v) is 11.9. The van der Waals surface area contributed by atoms with Crippen LogP contribution in [0.25, 0.3) is 11.0 Å². The highest BCUT2D eigenvalue weighted by atomic mass is 32.2. The number of hydrogen-bond donors (Lipinski definition) is 3.